The molecule has 0 saturated heterocycles. The fourth-order valence-electron chi connectivity index (χ4n) is 5.62. The van der Waals surface area contributed by atoms with Gasteiger partial charge in [0, 0.05) is 72.3 Å². The van der Waals surface area contributed by atoms with E-state index in [-0.39, 0.29) is 0 Å². The van der Waals surface area contributed by atoms with Gasteiger partial charge in [-0.25, -0.2) is 0 Å². The van der Waals surface area contributed by atoms with Gasteiger partial charge in [0.1, 0.15) is 0 Å². The molecule has 36 heavy (non-hydrogen) atoms. The van der Waals surface area contributed by atoms with Crippen molar-refractivity contribution in [2.75, 3.05) is 13.3 Å². The van der Waals surface area contributed by atoms with Gasteiger partial charge in [-0.1, -0.05) is 13.8 Å². The van der Waals surface area contributed by atoms with Gasteiger partial charge in [0.15, 0.2) is 0 Å². The maximum atomic E-state index is 3.75. The Kier molecular flexibility index (Phi) is 5.55. The number of fused-ring (bicyclic) bond motifs is 10. The number of aromatic nitrogens is 2. The molecule has 6 heterocycles. The summed E-state index contributed by atoms with van der Waals surface area (Å²) in [5, 5.41) is 8.28. The minimum atomic E-state index is 0.394. The second kappa shape index (κ2) is 8.90. The van der Waals surface area contributed by atoms with Gasteiger partial charge in [0.25, 0.3) is 0 Å². The third-order valence-corrected chi connectivity index (χ3v) is 7.60. The first-order chi connectivity index (χ1) is 17.5. The number of H-pyrrole nitrogens is 2. The van der Waals surface area contributed by atoms with Crippen molar-refractivity contribution in [1.29, 1.82) is 0 Å². The highest BCUT2D eigenvalue weighted by molar-refractivity contribution is 5.55. The fourth-order valence-corrected chi connectivity index (χ4v) is 5.62. The highest BCUT2D eigenvalue weighted by Gasteiger charge is 2.26. The number of hydrogen-bond acceptors (Lipinski definition) is 5. The zero-order valence-electron chi connectivity index (χ0n) is 21.5. The zero-order chi connectivity index (χ0) is 24.8. The molecule has 7 heteroatoms. The van der Waals surface area contributed by atoms with Gasteiger partial charge in [-0.3, -0.25) is 0 Å². The summed E-state index contributed by atoms with van der Waals surface area (Å²) in [6, 6.07) is 4.26. The van der Waals surface area contributed by atoms with Crippen LogP contribution in [-0.4, -0.2) is 42.9 Å². The van der Waals surface area contributed by atoms with E-state index in [1.165, 1.54) is 38.8 Å². The number of allylic oxidation sites excluding steroid dienone is 2. The van der Waals surface area contributed by atoms with Crippen LogP contribution in [0.25, 0.3) is 24.7 Å². The Balaban J connectivity index is 1.48. The molecule has 2 aromatic heterocycles. The van der Waals surface area contributed by atoms with Crippen LogP contribution in [0.15, 0.2) is 60.1 Å². The molecular weight excluding hydrogens is 446 g/mol. The molecule has 10 bridgehead atoms. The van der Waals surface area contributed by atoms with Crippen LogP contribution in [0.5, 0.6) is 0 Å². The standard InChI is InChI=1S/C29H35N7/c1-5-24-20(3)26-13-27-21(4)25(6-2)29(32-27)17-36-12-10-34(19-36)15-23-8-7-22(30-23)14-33-9-11-35(18-33)16-28(24)31-26/h7-17,24,30-32H,5-6,18-19H2,1-4H3. The molecule has 1 unspecified atom stereocenters. The maximum Gasteiger partial charge on any atom is 0.0979 e. The van der Waals surface area contributed by atoms with E-state index in [0.29, 0.717) is 5.92 Å². The molecule has 3 N–H and O–H groups in total. The second-order valence-corrected chi connectivity index (χ2v) is 10.0. The minimum absolute atomic E-state index is 0.394. The van der Waals surface area contributed by atoms with Gasteiger partial charge in [0.2, 0.25) is 0 Å². The molecule has 0 saturated carbocycles. The third-order valence-electron chi connectivity index (χ3n) is 7.60. The number of hydrogen-bond donors (Lipinski definition) is 3. The van der Waals surface area contributed by atoms with Crippen molar-refractivity contribution in [3.63, 3.8) is 0 Å². The van der Waals surface area contributed by atoms with Crippen LogP contribution in [0, 0.1) is 12.8 Å². The summed E-state index contributed by atoms with van der Waals surface area (Å²) in [6.45, 7) is 10.6. The molecule has 0 aliphatic carbocycles. The summed E-state index contributed by atoms with van der Waals surface area (Å²) in [5.41, 5.74) is 6.54. The van der Waals surface area contributed by atoms with E-state index in [1.54, 1.807) is 0 Å². The Hall–Kier alpha value is -4.00. The lowest BCUT2D eigenvalue weighted by Gasteiger charge is -2.18. The first-order valence-electron chi connectivity index (χ1n) is 12.9. The highest BCUT2D eigenvalue weighted by atomic mass is 15.3. The van der Waals surface area contributed by atoms with Crippen LogP contribution in [0.3, 0.4) is 0 Å². The van der Waals surface area contributed by atoms with E-state index in [4.69, 9.17) is 0 Å². The summed E-state index contributed by atoms with van der Waals surface area (Å²) >= 11 is 0. The van der Waals surface area contributed by atoms with Crippen LogP contribution in [0.4, 0.5) is 0 Å². The SMILES string of the molecule is CCc1c(C)c2[nH]c1=CN1C=CN(C=c3ccc([nH]3)=CN3C=CN(C=C4NC(=C(C)C4CC)C=2)C3)C1. The van der Waals surface area contributed by atoms with Crippen molar-refractivity contribution in [2.45, 2.75) is 40.5 Å². The molecule has 0 amide bonds. The largest absolute Gasteiger partial charge is 0.357 e. The van der Waals surface area contributed by atoms with Crippen molar-refractivity contribution < 1.29 is 0 Å². The zero-order valence-corrected chi connectivity index (χ0v) is 21.5. The molecule has 0 spiro atoms. The highest BCUT2D eigenvalue weighted by Crippen LogP contribution is 2.32. The summed E-state index contributed by atoms with van der Waals surface area (Å²) < 4.78 is 0. The molecule has 0 fully saturated rings. The Morgan fingerprint density at radius 3 is 2.00 bits per heavy atom. The van der Waals surface area contributed by atoms with Crippen molar-refractivity contribution in [2.24, 2.45) is 5.92 Å². The van der Waals surface area contributed by atoms with E-state index >= 15 is 0 Å². The van der Waals surface area contributed by atoms with Crippen LogP contribution in [0.2, 0.25) is 0 Å². The van der Waals surface area contributed by atoms with E-state index in [1.807, 2.05) is 0 Å². The predicted octanol–water partition coefficient (Wildman–Crippen LogP) is 1.76. The normalized spacial score (nSPS) is 20.7. The minimum Gasteiger partial charge on any atom is -0.357 e. The first-order valence-corrected chi connectivity index (χ1v) is 12.9. The summed E-state index contributed by atoms with van der Waals surface area (Å²) in [5.74, 6) is 0.394. The molecule has 2 aromatic rings. The lowest BCUT2D eigenvalue weighted by atomic mass is 9.96. The Morgan fingerprint density at radius 2 is 1.39 bits per heavy atom. The van der Waals surface area contributed by atoms with Crippen LogP contribution in [0.1, 0.15) is 38.3 Å². The topological polar surface area (TPSA) is 56.6 Å². The molecule has 0 radical (unpaired) electrons. The Morgan fingerprint density at radius 1 is 0.778 bits per heavy atom. The van der Waals surface area contributed by atoms with Crippen LogP contribution in [-0.2, 0) is 6.42 Å². The summed E-state index contributed by atoms with van der Waals surface area (Å²) in [6.07, 6.45) is 21.7. The van der Waals surface area contributed by atoms with Gasteiger partial charge in [0.05, 0.1) is 29.4 Å². The molecular formula is C29H35N7. The van der Waals surface area contributed by atoms with Gasteiger partial charge in [-0.2, -0.15) is 0 Å². The average molecular weight is 482 g/mol. The van der Waals surface area contributed by atoms with E-state index in [0.717, 1.165) is 36.9 Å². The van der Waals surface area contributed by atoms with E-state index < -0.39 is 0 Å². The van der Waals surface area contributed by atoms with Crippen LogP contribution < -0.4 is 26.7 Å². The lowest BCUT2D eigenvalue weighted by Crippen LogP contribution is -2.25. The number of rotatable bonds is 2. The van der Waals surface area contributed by atoms with Crippen molar-refractivity contribution in [1.82, 2.24) is 34.9 Å². The predicted molar refractivity (Wildman–Crippen MR) is 145 cm³/mol. The smallest absolute Gasteiger partial charge is 0.0979 e. The number of aromatic amines is 2. The van der Waals surface area contributed by atoms with Crippen molar-refractivity contribution in [3.05, 3.63) is 92.6 Å². The van der Waals surface area contributed by atoms with Gasteiger partial charge in [-0.05, 0) is 61.6 Å². The first kappa shape index (κ1) is 22.5. The average Bonchev–Trinajstić information content (AvgIpc) is 3.67. The molecule has 7 nitrogen and oxygen atoms in total. The number of nitrogens with zero attached hydrogens (tertiary/aromatic N) is 4. The fraction of sp³-hybridized carbons (Fsp3) is 0.310. The van der Waals surface area contributed by atoms with E-state index in [2.05, 4.69) is 130 Å². The molecule has 4 aliphatic heterocycles. The van der Waals surface area contributed by atoms with Gasteiger partial charge in [-0.15, -0.1) is 0 Å². The van der Waals surface area contributed by atoms with Gasteiger partial charge >= 0.3 is 0 Å². The van der Waals surface area contributed by atoms with Crippen LogP contribution >= 0.6 is 0 Å². The van der Waals surface area contributed by atoms with E-state index in [9.17, 15) is 0 Å². The number of nitrogens with one attached hydrogen (secondary N) is 3. The summed E-state index contributed by atoms with van der Waals surface area (Å²) in [7, 11) is 0. The maximum absolute atomic E-state index is 3.75. The third kappa shape index (κ3) is 4.04. The Bertz CT molecular complexity index is 1540. The summed E-state index contributed by atoms with van der Waals surface area (Å²) in [4.78, 5) is 16.1. The molecule has 0 aromatic carbocycles. The van der Waals surface area contributed by atoms with Crippen molar-refractivity contribution >= 4 is 24.7 Å². The van der Waals surface area contributed by atoms with Gasteiger partial charge < -0.3 is 34.9 Å². The van der Waals surface area contributed by atoms with Crippen molar-refractivity contribution in [3.8, 4) is 0 Å². The quantitative estimate of drug-likeness (QED) is 0.611. The molecule has 6 rings (SSSR count). The lowest BCUT2D eigenvalue weighted by molar-refractivity contribution is 0.406. The Labute approximate surface area is 212 Å². The monoisotopic (exact) mass is 481 g/mol. The molecule has 1 atom stereocenters. The molecule has 4 aliphatic rings. The second-order valence-electron chi connectivity index (χ2n) is 10.0. The molecule has 186 valence electrons.